The van der Waals surface area contributed by atoms with Crippen LogP contribution in [0.2, 0.25) is 0 Å². The zero-order chi connectivity index (χ0) is 13.3. The van der Waals surface area contributed by atoms with E-state index in [2.05, 4.69) is 4.18 Å². The van der Waals surface area contributed by atoms with Gasteiger partial charge in [-0.3, -0.25) is 13.8 Å². The lowest BCUT2D eigenvalue weighted by Gasteiger charge is -2.22. The maximum atomic E-state index is 10.7. The van der Waals surface area contributed by atoms with Crippen molar-refractivity contribution in [2.75, 3.05) is 34.1 Å². The van der Waals surface area contributed by atoms with Gasteiger partial charge in [-0.2, -0.15) is 0 Å². The van der Waals surface area contributed by atoms with Gasteiger partial charge < -0.3 is 9.80 Å². The van der Waals surface area contributed by atoms with Crippen molar-refractivity contribution in [3.63, 3.8) is 0 Å². The third-order valence-electron chi connectivity index (χ3n) is 1.73. The lowest BCUT2D eigenvalue weighted by Crippen LogP contribution is -2.38. The Hall–Kier alpha value is -0.950. The van der Waals surface area contributed by atoms with Crippen LogP contribution in [0.25, 0.3) is 0 Å². The molecule has 0 saturated heterocycles. The lowest BCUT2D eigenvalue weighted by atomic mass is 10.5. The van der Waals surface area contributed by atoms with Crippen LogP contribution in [-0.4, -0.2) is 60.0 Å². The van der Waals surface area contributed by atoms with E-state index in [9.17, 15) is 13.8 Å². The van der Waals surface area contributed by atoms with Gasteiger partial charge in [0.05, 0.1) is 13.8 Å². The van der Waals surface area contributed by atoms with E-state index in [0.29, 0.717) is 6.67 Å². The summed E-state index contributed by atoms with van der Waals surface area (Å²) in [4.78, 5) is 24.3. The molecule has 0 radical (unpaired) electrons. The normalized spacial score (nSPS) is 10.9. The number of carbonyl (C=O) groups is 2. The van der Waals surface area contributed by atoms with Gasteiger partial charge in [-0.1, -0.05) is 0 Å². The smallest absolute Gasteiger partial charge is 0.220 e. The minimum Gasteiger partial charge on any atom is -0.328 e. The number of carbonyl (C=O) groups excluding carboxylic acids is 2. The van der Waals surface area contributed by atoms with Crippen LogP contribution in [0.15, 0.2) is 0 Å². The van der Waals surface area contributed by atoms with Gasteiger partial charge in [0, 0.05) is 34.2 Å². The topological polar surface area (TPSA) is 66.9 Å². The first kappa shape index (κ1) is 17.4. The third kappa shape index (κ3) is 11.1. The Kier molecular flexibility index (Phi) is 10.1. The van der Waals surface area contributed by atoms with Gasteiger partial charge in [-0.15, -0.1) is 0 Å². The summed E-state index contributed by atoms with van der Waals surface area (Å²) in [5, 5.41) is 0. The summed E-state index contributed by atoms with van der Waals surface area (Å²) in [5.74, 6) is -0.0869. The van der Waals surface area contributed by atoms with Crippen molar-refractivity contribution in [2.24, 2.45) is 0 Å². The molecule has 0 aromatic carbocycles. The fourth-order valence-electron chi connectivity index (χ4n) is 0.517. The molecule has 0 aromatic heterocycles. The van der Waals surface area contributed by atoms with Crippen molar-refractivity contribution in [3.05, 3.63) is 0 Å². The second kappa shape index (κ2) is 9.29. The average Bonchev–Trinajstić information content (AvgIpc) is 2.18. The van der Waals surface area contributed by atoms with Crippen molar-refractivity contribution in [2.45, 2.75) is 13.8 Å². The molecule has 0 rings (SSSR count). The molecule has 0 aromatic rings. The number of amides is 2. The van der Waals surface area contributed by atoms with E-state index in [1.165, 1.54) is 37.0 Å². The Morgan fingerprint density at radius 2 is 1.38 bits per heavy atom. The van der Waals surface area contributed by atoms with Gasteiger partial charge in [-0.05, 0) is 0 Å². The third-order valence-corrected chi connectivity index (χ3v) is 2.20. The highest BCUT2D eigenvalue weighted by Gasteiger charge is 2.07. The largest absolute Gasteiger partial charge is 0.328 e. The highest BCUT2D eigenvalue weighted by atomic mass is 32.2. The van der Waals surface area contributed by atoms with Gasteiger partial charge in [-0.25, -0.2) is 4.21 Å². The molecule has 0 fully saturated rings. The van der Waals surface area contributed by atoms with E-state index in [1.54, 1.807) is 14.1 Å². The first-order valence-electron chi connectivity index (χ1n) is 4.53. The molecule has 1 atom stereocenters. The van der Waals surface area contributed by atoms with E-state index >= 15 is 0 Å². The van der Waals surface area contributed by atoms with Crippen molar-refractivity contribution < 1.29 is 18.0 Å². The Labute approximate surface area is 99.2 Å². The maximum Gasteiger partial charge on any atom is 0.220 e. The van der Waals surface area contributed by atoms with Gasteiger partial charge in [0.1, 0.15) is 0 Å². The zero-order valence-electron chi connectivity index (χ0n) is 10.6. The molecule has 0 spiro atoms. The van der Waals surface area contributed by atoms with Crippen LogP contribution in [0.4, 0.5) is 0 Å². The second-order valence-electron chi connectivity index (χ2n) is 3.14. The Balaban J connectivity index is 0. The zero-order valence-corrected chi connectivity index (χ0v) is 11.5. The van der Waals surface area contributed by atoms with Crippen molar-refractivity contribution in [1.29, 1.82) is 0 Å². The first-order valence-corrected chi connectivity index (χ1v) is 6.02. The SMILES string of the molecule is CC(=O)N(C)CN(C)C(C)=O.COS(C)=O. The molecule has 0 bridgehead atoms. The van der Waals surface area contributed by atoms with Crippen molar-refractivity contribution in [1.82, 2.24) is 9.80 Å². The van der Waals surface area contributed by atoms with E-state index in [1.807, 2.05) is 0 Å². The second-order valence-corrected chi connectivity index (χ2v) is 4.28. The van der Waals surface area contributed by atoms with E-state index in [-0.39, 0.29) is 11.8 Å². The molecule has 0 aliphatic rings. The Morgan fingerprint density at radius 3 is 1.50 bits per heavy atom. The molecule has 0 N–H and O–H groups in total. The molecule has 0 aliphatic heterocycles. The van der Waals surface area contributed by atoms with Crippen LogP contribution in [0.1, 0.15) is 13.8 Å². The van der Waals surface area contributed by atoms with Crippen LogP contribution in [0, 0.1) is 0 Å². The summed E-state index contributed by atoms with van der Waals surface area (Å²) in [6.45, 7) is 3.28. The van der Waals surface area contributed by atoms with Gasteiger partial charge >= 0.3 is 0 Å². The monoisotopic (exact) mass is 252 g/mol. The van der Waals surface area contributed by atoms with Crippen LogP contribution in [-0.2, 0) is 24.9 Å². The number of hydrogen-bond acceptors (Lipinski definition) is 4. The summed E-state index contributed by atoms with van der Waals surface area (Å²) in [5.41, 5.74) is 0. The minimum absolute atomic E-state index is 0.0434. The van der Waals surface area contributed by atoms with E-state index < -0.39 is 11.1 Å². The fourth-order valence-corrected chi connectivity index (χ4v) is 0.517. The molecule has 16 heavy (non-hydrogen) atoms. The molecule has 1 unspecified atom stereocenters. The van der Waals surface area contributed by atoms with E-state index in [4.69, 9.17) is 0 Å². The molecule has 7 heteroatoms. The molecule has 6 nitrogen and oxygen atoms in total. The fraction of sp³-hybridized carbons (Fsp3) is 0.778. The number of rotatable bonds is 3. The Bertz CT molecular complexity index is 240. The standard InChI is InChI=1S/C7H14N2O2.C2H6O2S/c1-6(10)8(3)5-9(4)7(2)11;1-4-5(2)3/h5H2,1-4H3;1-2H3. The van der Waals surface area contributed by atoms with Gasteiger partial charge in [0.2, 0.25) is 11.8 Å². The predicted molar refractivity (Wildman–Crippen MR) is 62.8 cm³/mol. The molecule has 2 amide bonds. The molecule has 0 heterocycles. The number of nitrogens with zero attached hydrogens (tertiary/aromatic N) is 2. The maximum absolute atomic E-state index is 10.7. The number of hydrogen-bond donors (Lipinski definition) is 0. The molecule has 0 saturated carbocycles. The summed E-state index contributed by atoms with van der Waals surface area (Å²) >= 11 is -1.07. The van der Waals surface area contributed by atoms with Crippen LogP contribution in [0.3, 0.4) is 0 Å². The van der Waals surface area contributed by atoms with Gasteiger partial charge in [0.25, 0.3) is 0 Å². The highest BCUT2D eigenvalue weighted by molar-refractivity contribution is 7.79. The summed E-state index contributed by atoms with van der Waals surface area (Å²) in [7, 11) is 4.71. The average molecular weight is 252 g/mol. The highest BCUT2D eigenvalue weighted by Crippen LogP contribution is 1.88. The Morgan fingerprint density at radius 1 is 1.12 bits per heavy atom. The molecular weight excluding hydrogens is 232 g/mol. The predicted octanol–water partition coefficient (Wildman–Crippen LogP) is -0.173. The minimum atomic E-state index is -1.07. The summed E-state index contributed by atoms with van der Waals surface area (Å²) in [6.07, 6.45) is 1.47. The quantitative estimate of drug-likeness (QED) is 0.654. The van der Waals surface area contributed by atoms with Crippen molar-refractivity contribution in [3.8, 4) is 0 Å². The van der Waals surface area contributed by atoms with Gasteiger partial charge in [0.15, 0.2) is 11.1 Å². The molecule has 96 valence electrons. The summed E-state index contributed by atoms with van der Waals surface area (Å²) < 4.78 is 13.9. The first-order chi connectivity index (χ1) is 7.22. The molecule has 0 aliphatic carbocycles. The van der Waals surface area contributed by atoms with Crippen LogP contribution < -0.4 is 0 Å². The van der Waals surface area contributed by atoms with Crippen LogP contribution in [0.5, 0.6) is 0 Å². The van der Waals surface area contributed by atoms with Crippen molar-refractivity contribution >= 4 is 22.9 Å². The van der Waals surface area contributed by atoms with Crippen LogP contribution >= 0.6 is 0 Å². The summed E-state index contributed by atoms with van der Waals surface area (Å²) in [6, 6.07) is 0. The molecular formula is C9H20N2O4S. The van der Waals surface area contributed by atoms with E-state index in [0.717, 1.165) is 0 Å². The lowest BCUT2D eigenvalue weighted by molar-refractivity contribution is -0.134.